The molecule has 2 aliphatic heterocycles. The lowest BCUT2D eigenvalue weighted by Crippen LogP contribution is -2.53. The number of piperazine rings is 1. The monoisotopic (exact) mass is 541 g/mol. The third kappa shape index (κ3) is 2.42. The number of rotatable bonds is 0. The number of benzene rings is 1. The van der Waals surface area contributed by atoms with Gasteiger partial charge in [-0.05, 0) is 18.6 Å². The second-order valence-corrected chi connectivity index (χ2v) is 8.20. The minimum absolute atomic E-state index is 0.160. The summed E-state index contributed by atoms with van der Waals surface area (Å²) in [4.78, 5) is 18.7. The lowest BCUT2D eigenvalue weighted by molar-refractivity contribution is 0.391. The second kappa shape index (κ2) is 5.69. The predicted molar refractivity (Wildman–Crippen MR) is 105 cm³/mol. The van der Waals surface area contributed by atoms with Crippen LogP contribution in [0.25, 0.3) is 10.9 Å². The van der Waals surface area contributed by atoms with Crippen molar-refractivity contribution in [3.05, 3.63) is 27.9 Å². The maximum atomic E-state index is 14.7. The Hall–Kier alpha value is -0.690. The summed E-state index contributed by atoms with van der Waals surface area (Å²) in [5.74, 6) is 0.341. The van der Waals surface area contributed by atoms with E-state index in [4.69, 9.17) is 0 Å². The molecular formula is C14H14FI2N5O. The van der Waals surface area contributed by atoms with Crippen molar-refractivity contribution in [1.29, 1.82) is 0 Å². The second-order valence-electron chi connectivity index (χ2n) is 5.87. The van der Waals surface area contributed by atoms with E-state index in [1.165, 1.54) is 2.78 Å². The lowest BCUT2D eigenvalue weighted by Gasteiger charge is -2.38. The van der Waals surface area contributed by atoms with Crippen LogP contribution >= 0.6 is 45.7 Å². The van der Waals surface area contributed by atoms with Gasteiger partial charge in [0.25, 0.3) is 0 Å². The molecule has 0 saturated carbocycles. The molecule has 1 fully saturated rings. The highest BCUT2D eigenvalue weighted by Gasteiger charge is 2.33. The molecular weight excluding hydrogens is 527 g/mol. The molecule has 2 aliphatic rings. The van der Waals surface area contributed by atoms with E-state index in [1.807, 2.05) is 22.9 Å². The van der Waals surface area contributed by atoms with Gasteiger partial charge in [0.05, 0.1) is 45.5 Å². The molecule has 0 amide bonds. The molecule has 2 aromatic rings. The van der Waals surface area contributed by atoms with Gasteiger partial charge in [-0.25, -0.2) is 15.1 Å². The van der Waals surface area contributed by atoms with E-state index in [2.05, 4.69) is 41.2 Å². The van der Waals surface area contributed by atoms with E-state index in [9.17, 15) is 9.18 Å². The standard InChI is InChI=1S/C14H14FI2N5O/c1-7-4-9-10-12(11(7)15)18-5-8-6-20(16)2-3-21(8)13(10)19-14(23)22(9)17/h4,8,18H,2-3,5-6H2,1H3. The zero-order valence-electron chi connectivity index (χ0n) is 12.3. The quantitative estimate of drug-likeness (QED) is 0.410. The van der Waals surface area contributed by atoms with E-state index in [0.29, 0.717) is 34.5 Å². The fraction of sp³-hybridized carbons (Fsp3) is 0.429. The number of anilines is 2. The molecule has 0 aliphatic carbocycles. The summed E-state index contributed by atoms with van der Waals surface area (Å²) >= 11 is 4.24. The van der Waals surface area contributed by atoms with E-state index >= 15 is 0 Å². The van der Waals surface area contributed by atoms with Crippen molar-refractivity contribution in [2.45, 2.75) is 13.0 Å². The first kappa shape index (κ1) is 15.8. The van der Waals surface area contributed by atoms with Gasteiger partial charge in [-0.2, -0.15) is 4.98 Å². The number of hydrogen-bond donors (Lipinski definition) is 1. The van der Waals surface area contributed by atoms with Gasteiger partial charge in [0.15, 0.2) is 0 Å². The Morgan fingerprint density at radius 3 is 2.96 bits per heavy atom. The maximum absolute atomic E-state index is 14.7. The van der Waals surface area contributed by atoms with Crippen LogP contribution in [-0.4, -0.2) is 43.1 Å². The predicted octanol–water partition coefficient (Wildman–Crippen LogP) is 2.31. The van der Waals surface area contributed by atoms with Crippen molar-refractivity contribution in [2.24, 2.45) is 0 Å². The molecule has 23 heavy (non-hydrogen) atoms. The van der Waals surface area contributed by atoms with Crippen LogP contribution in [0.1, 0.15) is 5.56 Å². The summed E-state index contributed by atoms with van der Waals surface area (Å²) < 4.78 is 18.4. The summed E-state index contributed by atoms with van der Waals surface area (Å²) in [6, 6.07) is 1.89. The Labute approximate surface area is 160 Å². The molecule has 4 rings (SSSR count). The van der Waals surface area contributed by atoms with Gasteiger partial charge in [0, 0.05) is 49.0 Å². The molecule has 9 heteroatoms. The highest BCUT2D eigenvalue weighted by molar-refractivity contribution is 14.1. The van der Waals surface area contributed by atoms with Crippen LogP contribution in [0.3, 0.4) is 0 Å². The maximum Gasteiger partial charge on any atom is 0.359 e. The van der Waals surface area contributed by atoms with Gasteiger partial charge >= 0.3 is 5.69 Å². The van der Waals surface area contributed by atoms with E-state index in [0.717, 1.165) is 19.6 Å². The SMILES string of the molecule is Cc1cc2c3c(nc(=O)n2I)N2CCN(I)CC2CNc3c1F. The zero-order valence-corrected chi connectivity index (χ0v) is 16.6. The molecule has 1 aromatic carbocycles. The highest BCUT2D eigenvalue weighted by Crippen LogP contribution is 2.38. The van der Waals surface area contributed by atoms with Crippen LogP contribution in [0.5, 0.6) is 0 Å². The Morgan fingerprint density at radius 2 is 2.17 bits per heavy atom. The van der Waals surface area contributed by atoms with Gasteiger partial charge in [-0.15, -0.1) is 0 Å². The van der Waals surface area contributed by atoms with Gasteiger partial charge in [0.1, 0.15) is 11.6 Å². The smallest absolute Gasteiger partial charge is 0.359 e. The van der Waals surface area contributed by atoms with Crippen molar-refractivity contribution in [3.63, 3.8) is 0 Å². The van der Waals surface area contributed by atoms with E-state index in [1.54, 1.807) is 13.0 Å². The number of aryl methyl sites for hydroxylation is 1. The van der Waals surface area contributed by atoms with E-state index in [-0.39, 0.29) is 17.5 Å². The molecule has 6 nitrogen and oxygen atoms in total. The molecule has 1 saturated heterocycles. The molecule has 1 atom stereocenters. The Bertz CT molecular complexity index is 871. The van der Waals surface area contributed by atoms with Crippen LogP contribution in [0.2, 0.25) is 0 Å². The van der Waals surface area contributed by atoms with Crippen LogP contribution in [0.15, 0.2) is 10.9 Å². The van der Waals surface area contributed by atoms with Gasteiger partial charge in [0.2, 0.25) is 0 Å². The van der Waals surface area contributed by atoms with Crippen molar-refractivity contribution in [2.75, 3.05) is 36.4 Å². The average Bonchev–Trinajstić information content (AvgIpc) is 2.67. The molecule has 1 unspecified atom stereocenters. The third-order valence-electron chi connectivity index (χ3n) is 4.45. The zero-order chi connectivity index (χ0) is 16.3. The molecule has 122 valence electrons. The molecule has 3 heterocycles. The largest absolute Gasteiger partial charge is 0.380 e. The number of aromatic nitrogens is 2. The minimum atomic E-state index is -0.317. The Morgan fingerprint density at radius 1 is 1.39 bits per heavy atom. The lowest BCUT2D eigenvalue weighted by atomic mass is 10.1. The molecule has 0 bridgehead atoms. The molecule has 1 aromatic heterocycles. The third-order valence-corrected chi connectivity index (χ3v) is 6.26. The number of nitrogens with one attached hydrogen (secondary N) is 1. The molecule has 0 radical (unpaired) electrons. The van der Waals surface area contributed by atoms with Crippen LogP contribution in [0, 0.1) is 12.7 Å². The van der Waals surface area contributed by atoms with Crippen LogP contribution < -0.4 is 15.9 Å². The summed E-state index contributed by atoms with van der Waals surface area (Å²) in [5.41, 5.74) is 1.38. The van der Waals surface area contributed by atoms with Crippen molar-refractivity contribution < 1.29 is 4.39 Å². The number of hydrogen-bond acceptors (Lipinski definition) is 5. The van der Waals surface area contributed by atoms with Crippen molar-refractivity contribution in [3.8, 4) is 0 Å². The highest BCUT2D eigenvalue weighted by atomic mass is 127. The van der Waals surface area contributed by atoms with Crippen LogP contribution in [-0.2, 0) is 0 Å². The fourth-order valence-corrected chi connectivity index (χ4v) is 4.47. The van der Waals surface area contributed by atoms with E-state index < -0.39 is 0 Å². The first-order valence-electron chi connectivity index (χ1n) is 7.30. The first-order chi connectivity index (χ1) is 11.0. The summed E-state index contributed by atoms with van der Waals surface area (Å²) in [5, 5.41) is 3.96. The number of fused-ring (bicyclic) bond motifs is 2. The van der Waals surface area contributed by atoms with Crippen LogP contribution in [0.4, 0.5) is 15.9 Å². The first-order valence-corrected chi connectivity index (χ1v) is 9.23. The molecule has 1 N–H and O–H groups in total. The average molecular weight is 541 g/mol. The number of halogens is 3. The topological polar surface area (TPSA) is 53.4 Å². The fourth-order valence-electron chi connectivity index (χ4n) is 3.31. The number of nitrogens with zero attached hydrogens (tertiary/aromatic N) is 4. The van der Waals surface area contributed by atoms with Crippen molar-refractivity contribution in [1.82, 2.24) is 10.9 Å². The Balaban J connectivity index is 2.06. The minimum Gasteiger partial charge on any atom is -0.380 e. The summed E-state index contributed by atoms with van der Waals surface area (Å²) in [7, 11) is 0. The summed E-state index contributed by atoms with van der Waals surface area (Å²) in [6.45, 7) is 4.85. The van der Waals surface area contributed by atoms with Gasteiger partial charge < -0.3 is 10.2 Å². The Kier molecular flexibility index (Phi) is 3.91. The summed E-state index contributed by atoms with van der Waals surface area (Å²) in [6.07, 6.45) is 0. The molecule has 0 spiro atoms. The van der Waals surface area contributed by atoms with Crippen molar-refractivity contribution >= 4 is 68.1 Å². The van der Waals surface area contributed by atoms with Gasteiger partial charge in [-0.1, -0.05) is 0 Å². The normalized spacial score (nSPS) is 21.0. The van der Waals surface area contributed by atoms with Gasteiger partial charge in [-0.3, -0.25) is 0 Å².